The Kier molecular flexibility index (Phi) is 7.09. The van der Waals surface area contributed by atoms with Crippen molar-refractivity contribution in [3.8, 4) is 6.07 Å². The maximum Gasteiger partial charge on any atom is 0.325 e. The number of amides is 1. The van der Waals surface area contributed by atoms with Gasteiger partial charge in [0.2, 0.25) is 5.91 Å². The van der Waals surface area contributed by atoms with E-state index in [1.54, 1.807) is 17.0 Å². The van der Waals surface area contributed by atoms with Crippen LogP contribution in [0.1, 0.15) is 18.4 Å². The second-order valence-corrected chi connectivity index (χ2v) is 6.41. The van der Waals surface area contributed by atoms with E-state index in [1.807, 2.05) is 12.1 Å². The fraction of sp³-hybridized carbons (Fsp3) is 0.471. The van der Waals surface area contributed by atoms with Gasteiger partial charge in [-0.25, -0.2) is 0 Å². The number of hydrogen-bond donors (Lipinski definition) is 0. The zero-order chi connectivity index (χ0) is 17.4. The molecule has 0 saturated carbocycles. The van der Waals surface area contributed by atoms with Gasteiger partial charge < -0.3 is 14.4 Å². The highest BCUT2D eigenvalue weighted by molar-refractivity contribution is 8.00. The predicted molar refractivity (Wildman–Crippen MR) is 89.5 cm³/mol. The molecule has 1 aliphatic rings. The summed E-state index contributed by atoms with van der Waals surface area (Å²) in [6.07, 6.45) is 1.45. The summed E-state index contributed by atoms with van der Waals surface area (Å²) in [5.41, 5.74) is 0.584. The molecule has 1 fully saturated rings. The molecule has 0 aromatic heterocycles. The first-order valence-corrected chi connectivity index (χ1v) is 8.69. The van der Waals surface area contributed by atoms with Crippen molar-refractivity contribution < 1.29 is 19.1 Å². The van der Waals surface area contributed by atoms with E-state index in [1.165, 1.54) is 18.9 Å². The van der Waals surface area contributed by atoms with Gasteiger partial charge in [-0.2, -0.15) is 5.26 Å². The molecular formula is C17H20N2O4S. The minimum atomic E-state index is -0.418. The number of methoxy groups -OCH3 is 1. The first-order chi connectivity index (χ1) is 11.6. The molecule has 1 heterocycles. The molecule has 1 amide bonds. The van der Waals surface area contributed by atoms with Gasteiger partial charge in [-0.1, -0.05) is 0 Å². The maximum atomic E-state index is 12.6. The standard InChI is InChI=1S/C17H20N2O4S/c1-22-17(21)11-19(14-6-8-23-9-7-14)16(20)12-24-15-4-2-13(10-18)3-5-15/h2-5,14H,6-9,11-12H2,1H3. The Morgan fingerprint density at radius 1 is 1.33 bits per heavy atom. The van der Waals surface area contributed by atoms with E-state index in [0.717, 1.165) is 17.7 Å². The van der Waals surface area contributed by atoms with E-state index in [-0.39, 0.29) is 24.2 Å². The molecule has 2 rings (SSSR count). The number of hydrogen-bond acceptors (Lipinski definition) is 6. The molecule has 0 spiro atoms. The summed E-state index contributed by atoms with van der Waals surface area (Å²) in [6, 6.07) is 9.14. The van der Waals surface area contributed by atoms with Gasteiger partial charge in [-0.05, 0) is 37.1 Å². The van der Waals surface area contributed by atoms with Crippen molar-refractivity contribution in [3.05, 3.63) is 29.8 Å². The van der Waals surface area contributed by atoms with Gasteiger partial charge in [-0.3, -0.25) is 9.59 Å². The summed E-state index contributed by atoms with van der Waals surface area (Å²) in [5.74, 6) is -0.278. The van der Waals surface area contributed by atoms with E-state index in [4.69, 9.17) is 14.7 Å². The third-order valence-corrected chi connectivity index (χ3v) is 4.82. The molecule has 6 nitrogen and oxygen atoms in total. The van der Waals surface area contributed by atoms with Crippen LogP contribution in [0.15, 0.2) is 29.2 Å². The highest BCUT2D eigenvalue weighted by Gasteiger charge is 2.27. The minimum Gasteiger partial charge on any atom is -0.468 e. The molecule has 7 heteroatoms. The number of thioether (sulfide) groups is 1. The number of carbonyl (C=O) groups excluding carboxylic acids is 2. The number of esters is 1. The van der Waals surface area contributed by atoms with Crippen LogP contribution in [0.25, 0.3) is 0 Å². The molecular weight excluding hydrogens is 328 g/mol. The van der Waals surface area contributed by atoms with E-state index in [9.17, 15) is 9.59 Å². The molecule has 0 unspecified atom stereocenters. The Morgan fingerprint density at radius 2 is 2.00 bits per heavy atom. The second kappa shape index (κ2) is 9.30. The topological polar surface area (TPSA) is 79.6 Å². The lowest BCUT2D eigenvalue weighted by atomic mass is 10.1. The normalized spacial score (nSPS) is 14.7. The quantitative estimate of drug-likeness (QED) is 0.576. The van der Waals surface area contributed by atoms with Gasteiger partial charge in [0.15, 0.2) is 0 Å². The maximum absolute atomic E-state index is 12.6. The van der Waals surface area contributed by atoms with Crippen LogP contribution >= 0.6 is 11.8 Å². The van der Waals surface area contributed by atoms with E-state index in [0.29, 0.717) is 18.8 Å². The van der Waals surface area contributed by atoms with Crippen molar-refractivity contribution >= 4 is 23.6 Å². The number of ether oxygens (including phenoxy) is 2. The minimum absolute atomic E-state index is 0.00640. The predicted octanol–water partition coefficient (Wildman–Crippen LogP) is 1.83. The number of nitriles is 1. The zero-order valence-electron chi connectivity index (χ0n) is 13.6. The summed E-state index contributed by atoms with van der Waals surface area (Å²) in [4.78, 5) is 26.7. The summed E-state index contributed by atoms with van der Waals surface area (Å²) in [6.45, 7) is 1.16. The summed E-state index contributed by atoms with van der Waals surface area (Å²) in [5, 5.41) is 8.80. The van der Waals surface area contributed by atoms with Crippen molar-refractivity contribution in [2.45, 2.75) is 23.8 Å². The molecule has 0 aliphatic carbocycles. The molecule has 0 bridgehead atoms. The van der Waals surface area contributed by atoms with Crippen molar-refractivity contribution in [2.75, 3.05) is 32.6 Å². The van der Waals surface area contributed by atoms with Gasteiger partial charge in [0.25, 0.3) is 0 Å². The first-order valence-electron chi connectivity index (χ1n) is 7.71. The molecule has 128 valence electrons. The Balaban J connectivity index is 1.97. The second-order valence-electron chi connectivity index (χ2n) is 5.37. The van der Waals surface area contributed by atoms with Crippen LogP contribution in [0.5, 0.6) is 0 Å². The van der Waals surface area contributed by atoms with Crippen molar-refractivity contribution in [1.82, 2.24) is 4.90 Å². The zero-order valence-corrected chi connectivity index (χ0v) is 14.4. The summed E-state index contributed by atoms with van der Waals surface area (Å²) >= 11 is 1.39. The van der Waals surface area contributed by atoms with Gasteiger partial charge in [0.05, 0.1) is 24.5 Å². The Hall–Kier alpha value is -2.04. The van der Waals surface area contributed by atoms with Crippen LogP contribution in [-0.4, -0.2) is 55.4 Å². The van der Waals surface area contributed by atoms with Crippen LogP contribution in [0.4, 0.5) is 0 Å². The van der Waals surface area contributed by atoms with Crippen LogP contribution in [0.2, 0.25) is 0 Å². The first kappa shape index (κ1) is 18.3. The van der Waals surface area contributed by atoms with Gasteiger partial charge in [0.1, 0.15) is 6.54 Å². The monoisotopic (exact) mass is 348 g/mol. The molecule has 1 aromatic carbocycles. The average Bonchev–Trinajstić information content (AvgIpc) is 2.65. The lowest BCUT2D eigenvalue weighted by Crippen LogP contribution is -2.47. The SMILES string of the molecule is COC(=O)CN(C(=O)CSc1ccc(C#N)cc1)C1CCOCC1. The number of carbonyl (C=O) groups is 2. The van der Waals surface area contributed by atoms with E-state index in [2.05, 4.69) is 6.07 Å². The highest BCUT2D eigenvalue weighted by atomic mass is 32.2. The number of benzene rings is 1. The molecule has 1 aliphatic heterocycles. The van der Waals surface area contributed by atoms with Gasteiger partial charge in [-0.15, -0.1) is 11.8 Å². The Bertz CT molecular complexity index is 606. The Labute approximate surface area is 145 Å². The fourth-order valence-electron chi connectivity index (χ4n) is 2.48. The average molecular weight is 348 g/mol. The lowest BCUT2D eigenvalue weighted by Gasteiger charge is -2.33. The summed E-state index contributed by atoms with van der Waals surface area (Å²) < 4.78 is 10.0. The van der Waals surface area contributed by atoms with Crippen LogP contribution < -0.4 is 0 Å². The number of rotatable bonds is 6. The van der Waals surface area contributed by atoms with Gasteiger partial charge in [0, 0.05) is 24.2 Å². The van der Waals surface area contributed by atoms with E-state index >= 15 is 0 Å². The van der Waals surface area contributed by atoms with E-state index < -0.39 is 5.97 Å². The largest absolute Gasteiger partial charge is 0.468 e. The van der Waals surface area contributed by atoms with Gasteiger partial charge >= 0.3 is 5.97 Å². The lowest BCUT2D eigenvalue weighted by molar-refractivity contribution is -0.148. The van der Waals surface area contributed by atoms with Crippen LogP contribution in [0, 0.1) is 11.3 Å². The molecule has 1 saturated heterocycles. The summed E-state index contributed by atoms with van der Waals surface area (Å²) in [7, 11) is 1.32. The molecule has 0 atom stereocenters. The van der Waals surface area contributed by atoms with Crippen molar-refractivity contribution in [3.63, 3.8) is 0 Å². The molecule has 0 N–H and O–H groups in total. The molecule has 1 aromatic rings. The third-order valence-electron chi connectivity index (χ3n) is 3.82. The highest BCUT2D eigenvalue weighted by Crippen LogP contribution is 2.21. The van der Waals surface area contributed by atoms with Crippen molar-refractivity contribution in [1.29, 1.82) is 5.26 Å². The number of nitrogens with zero attached hydrogens (tertiary/aromatic N) is 2. The van der Waals surface area contributed by atoms with Crippen molar-refractivity contribution in [2.24, 2.45) is 0 Å². The Morgan fingerprint density at radius 3 is 2.58 bits per heavy atom. The van der Waals surface area contributed by atoms with Crippen LogP contribution in [-0.2, 0) is 19.1 Å². The third kappa shape index (κ3) is 5.25. The molecule has 0 radical (unpaired) electrons. The molecule has 24 heavy (non-hydrogen) atoms. The smallest absolute Gasteiger partial charge is 0.325 e. The fourth-order valence-corrected chi connectivity index (χ4v) is 3.26. The van der Waals surface area contributed by atoms with Crippen LogP contribution in [0.3, 0.4) is 0 Å².